The molecule has 238 valence electrons. The Bertz CT molecular complexity index is 1390. The van der Waals surface area contributed by atoms with Crippen LogP contribution < -0.4 is 10.1 Å². The smallest absolute Gasteiger partial charge is 0.408 e. The Balaban J connectivity index is 1.62. The maximum absolute atomic E-state index is 14.2. The quantitative estimate of drug-likeness (QED) is 0.325. The van der Waals surface area contributed by atoms with Gasteiger partial charge in [0.05, 0.1) is 38.2 Å². The molecule has 3 aromatic rings. The average Bonchev–Trinajstić information content (AvgIpc) is 3.53. The average molecular weight is 607 g/mol. The van der Waals surface area contributed by atoms with Crippen molar-refractivity contribution in [2.75, 3.05) is 13.7 Å². The number of likely N-dealkylation sites (tertiary alicyclic amines) is 1. The molecule has 0 unspecified atom stereocenters. The summed E-state index contributed by atoms with van der Waals surface area (Å²) in [6.07, 6.45) is 0.854. The summed E-state index contributed by atoms with van der Waals surface area (Å²) >= 11 is 0. The van der Waals surface area contributed by atoms with E-state index in [1.165, 1.54) is 0 Å². The Labute approximate surface area is 260 Å². The van der Waals surface area contributed by atoms with Crippen LogP contribution in [-0.4, -0.2) is 63.0 Å². The van der Waals surface area contributed by atoms with Gasteiger partial charge in [-0.1, -0.05) is 63.2 Å². The van der Waals surface area contributed by atoms with E-state index in [4.69, 9.17) is 19.2 Å². The number of aliphatic hydroxyl groups is 1. The van der Waals surface area contributed by atoms with Crippen LogP contribution >= 0.6 is 0 Å². The topological polar surface area (TPSA) is 115 Å². The van der Waals surface area contributed by atoms with Gasteiger partial charge in [-0.05, 0) is 49.4 Å². The van der Waals surface area contributed by atoms with E-state index in [-0.39, 0.29) is 19.1 Å². The van der Waals surface area contributed by atoms with E-state index in [2.05, 4.69) is 5.32 Å². The van der Waals surface area contributed by atoms with Gasteiger partial charge >= 0.3 is 6.09 Å². The minimum atomic E-state index is -0.885. The number of hydrogen-bond acceptors (Lipinski definition) is 7. The molecule has 1 saturated heterocycles. The number of alkyl carbamates (subject to hydrolysis) is 1. The highest BCUT2D eigenvalue weighted by atomic mass is 16.6. The zero-order valence-corrected chi connectivity index (χ0v) is 26.9. The van der Waals surface area contributed by atoms with Crippen molar-refractivity contribution in [3.8, 4) is 5.75 Å². The second kappa shape index (κ2) is 13.8. The highest BCUT2D eigenvalue weighted by Crippen LogP contribution is 2.35. The van der Waals surface area contributed by atoms with Gasteiger partial charge in [-0.15, -0.1) is 0 Å². The fraction of sp³-hybridized carbons (Fsp3) is 0.500. The summed E-state index contributed by atoms with van der Waals surface area (Å²) in [7, 11) is 1.63. The number of amides is 2. The Morgan fingerprint density at radius 3 is 2.30 bits per heavy atom. The van der Waals surface area contributed by atoms with Crippen molar-refractivity contribution < 1.29 is 28.9 Å². The predicted molar refractivity (Wildman–Crippen MR) is 167 cm³/mol. The van der Waals surface area contributed by atoms with Crippen LogP contribution in [0.4, 0.5) is 4.79 Å². The third kappa shape index (κ3) is 8.83. The van der Waals surface area contributed by atoms with Crippen LogP contribution in [0.5, 0.6) is 5.75 Å². The lowest BCUT2D eigenvalue weighted by Gasteiger charge is -2.36. The molecular weight excluding hydrogens is 560 g/mol. The fourth-order valence-electron chi connectivity index (χ4n) is 5.27. The molecule has 1 aromatic heterocycles. The van der Waals surface area contributed by atoms with Gasteiger partial charge in [0, 0.05) is 25.7 Å². The van der Waals surface area contributed by atoms with Gasteiger partial charge in [0.25, 0.3) is 0 Å². The minimum Gasteiger partial charge on any atom is -0.497 e. The summed E-state index contributed by atoms with van der Waals surface area (Å²) < 4.78 is 18.8. The number of nitrogens with zero attached hydrogens (tertiary/aromatic N) is 3. The zero-order valence-electron chi connectivity index (χ0n) is 26.9. The molecule has 2 heterocycles. The predicted octanol–water partition coefficient (Wildman–Crippen LogP) is 5.23. The number of carbonyl (C=O) groups is 2. The summed E-state index contributed by atoms with van der Waals surface area (Å²) in [5, 5.41) is 13.6. The number of rotatable bonds is 10. The van der Waals surface area contributed by atoms with Crippen LogP contribution in [-0.2, 0) is 34.0 Å². The Morgan fingerprint density at radius 1 is 1.00 bits per heavy atom. The lowest BCUT2D eigenvalue weighted by molar-refractivity contribution is -0.137. The number of β-amino-alcohol motifs (C(OH)–C–C–N with tert-alkyl or cyclic N) is 1. The number of ether oxygens (including phenoxy) is 3. The van der Waals surface area contributed by atoms with E-state index in [1.807, 2.05) is 86.1 Å². The van der Waals surface area contributed by atoms with Crippen molar-refractivity contribution in [3.05, 3.63) is 83.4 Å². The molecule has 3 atom stereocenters. The maximum Gasteiger partial charge on any atom is 0.408 e. The first-order chi connectivity index (χ1) is 20.7. The maximum atomic E-state index is 14.2. The summed E-state index contributed by atoms with van der Waals surface area (Å²) in [5.74, 6) is 1.11. The first-order valence-electron chi connectivity index (χ1n) is 15.0. The lowest BCUT2D eigenvalue weighted by Crippen LogP contribution is -2.55. The molecule has 44 heavy (non-hydrogen) atoms. The first-order valence-corrected chi connectivity index (χ1v) is 15.0. The molecule has 2 N–H and O–H groups in total. The SMILES string of the molecule is COc1ccc(Cn2cc(COCc3ccccc3)nc2[C@@H]2C[C@@H](O)CN2C(=O)[C@@H](NC(=O)OC(C)(C)C)C(C)(C)C)cc1. The minimum absolute atomic E-state index is 0.126. The van der Waals surface area contributed by atoms with Crippen molar-refractivity contribution in [1.82, 2.24) is 19.8 Å². The van der Waals surface area contributed by atoms with Gasteiger partial charge in [0.15, 0.2) is 0 Å². The lowest BCUT2D eigenvalue weighted by atomic mass is 9.85. The van der Waals surface area contributed by atoms with E-state index in [0.717, 1.165) is 22.6 Å². The Kier molecular flexibility index (Phi) is 10.4. The van der Waals surface area contributed by atoms with Crippen LogP contribution in [0.2, 0.25) is 0 Å². The van der Waals surface area contributed by atoms with Crippen LogP contribution in [0.1, 0.15) is 76.7 Å². The summed E-state index contributed by atoms with van der Waals surface area (Å²) in [4.78, 5) is 33.5. The molecule has 1 fully saturated rings. The molecule has 0 spiro atoms. The summed E-state index contributed by atoms with van der Waals surface area (Å²) in [6, 6.07) is 16.3. The van der Waals surface area contributed by atoms with Crippen LogP contribution in [0.15, 0.2) is 60.8 Å². The highest BCUT2D eigenvalue weighted by molar-refractivity contribution is 5.87. The second-order valence-electron chi connectivity index (χ2n) is 13.4. The van der Waals surface area contributed by atoms with Crippen LogP contribution in [0, 0.1) is 5.41 Å². The molecule has 0 saturated carbocycles. The van der Waals surface area contributed by atoms with E-state index in [9.17, 15) is 14.7 Å². The van der Waals surface area contributed by atoms with Crippen molar-refractivity contribution in [3.63, 3.8) is 0 Å². The molecular formula is C34H46N4O6. The number of aliphatic hydroxyl groups excluding tert-OH is 1. The Morgan fingerprint density at radius 2 is 1.68 bits per heavy atom. The van der Waals surface area contributed by atoms with Crippen molar-refractivity contribution in [2.24, 2.45) is 5.41 Å². The van der Waals surface area contributed by atoms with Gasteiger partial charge in [0.2, 0.25) is 5.91 Å². The van der Waals surface area contributed by atoms with Crippen molar-refractivity contribution in [1.29, 1.82) is 0 Å². The second-order valence-corrected chi connectivity index (χ2v) is 13.4. The third-order valence-electron chi connectivity index (χ3n) is 7.36. The number of benzene rings is 2. The number of methoxy groups -OCH3 is 1. The fourth-order valence-corrected chi connectivity index (χ4v) is 5.27. The van der Waals surface area contributed by atoms with E-state index in [0.29, 0.717) is 25.4 Å². The molecule has 4 rings (SSSR count). The molecule has 10 heteroatoms. The summed E-state index contributed by atoms with van der Waals surface area (Å²) in [5.41, 5.74) is 1.47. The van der Waals surface area contributed by atoms with Crippen LogP contribution in [0.25, 0.3) is 0 Å². The standard InChI is InChI=1S/C34H46N4O6/c1-33(2,3)29(36-32(41)44-34(4,5)6)31(40)38-20-26(39)17-28(38)30-35-25(22-43-21-24-11-9-8-10-12-24)19-37(30)18-23-13-15-27(42-7)16-14-23/h8-16,19,26,28-29,39H,17-18,20-22H2,1-7H3,(H,36,41)/t26-,28+,29-/m1/s1. The molecule has 0 aliphatic carbocycles. The van der Waals surface area contributed by atoms with Gasteiger partial charge in [-0.25, -0.2) is 9.78 Å². The molecule has 1 aliphatic rings. The molecule has 0 radical (unpaired) electrons. The normalized spacial score (nSPS) is 17.8. The van der Waals surface area contributed by atoms with Gasteiger partial charge in [0.1, 0.15) is 23.2 Å². The zero-order chi connectivity index (χ0) is 32.1. The van der Waals surface area contributed by atoms with Gasteiger partial charge in [-0.2, -0.15) is 0 Å². The van der Waals surface area contributed by atoms with Crippen molar-refractivity contribution in [2.45, 2.75) is 91.5 Å². The molecule has 1 aliphatic heterocycles. The number of hydrogen-bond donors (Lipinski definition) is 2. The Hall–Kier alpha value is -3.89. The van der Waals surface area contributed by atoms with Gasteiger partial charge < -0.3 is 34.1 Å². The number of carbonyl (C=O) groups excluding carboxylic acids is 2. The molecule has 2 aromatic carbocycles. The van der Waals surface area contributed by atoms with E-state index < -0.39 is 35.3 Å². The van der Waals surface area contributed by atoms with Crippen LogP contribution in [0.3, 0.4) is 0 Å². The number of imidazole rings is 1. The molecule has 0 bridgehead atoms. The van der Waals surface area contributed by atoms with Gasteiger partial charge in [-0.3, -0.25) is 4.79 Å². The molecule has 10 nitrogen and oxygen atoms in total. The van der Waals surface area contributed by atoms with E-state index in [1.54, 1.807) is 32.8 Å². The van der Waals surface area contributed by atoms with E-state index >= 15 is 0 Å². The summed E-state index contributed by atoms with van der Waals surface area (Å²) in [6.45, 7) is 12.3. The third-order valence-corrected chi connectivity index (χ3v) is 7.36. The van der Waals surface area contributed by atoms with Crippen molar-refractivity contribution >= 4 is 12.0 Å². The number of aromatic nitrogens is 2. The monoisotopic (exact) mass is 606 g/mol. The molecule has 2 amide bonds. The number of nitrogens with one attached hydrogen (secondary N) is 1. The highest BCUT2D eigenvalue weighted by Gasteiger charge is 2.44. The largest absolute Gasteiger partial charge is 0.497 e. The first kappa shape index (κ1) is 33.0.